The summed E-state index contributed by atoms with van der Waals surface area (Å²) in [5.74, 6) is 2.01. The first-order chi connectivity index (χ1) is 12.5. The third-order valence-electron chi connectivity index (χ3n) is 4.21. The fraction of sp³-hybridized carbons (Fsp3) is 0.381. The van der Waals surface area contributed by atoms with E-state index in [0.29, 0.717) is 25.3 Å². The highest BCUT2D eigenvalue weighted by Gasteiger charge is 2.24. The molecule has 1 aliphatic rings. The summed E-state index contributed by atoms with van der Waals surface area (Å²) in [6.45, 7) is 6.74. The van der Waals surface area contributed by atoms with Crippen LogP contribution in [0.3, 0.4) is 0 Å². The Morgan fingerprint density at radius 2 is 1.88 bits per heavy atom. The lowest BCUT2D eigenvalue weighted by molar-refractivity contribution is -0.128. The molecule has 1 aliphatic heterocycles. The van der Waals surface area contributed by atoms with Gasteiger partial charge in [-0.05, 0) is 55.7 Å². The Hall–Kier alpha value is -2.69. The first kappa shape index (κ1) is 18.1. The third-order valence-corrected chi connectivity index (χ3v) is 4.21. The molecule has 2 atom stereocenters. The van der Waals surface area contributed by atoms with Gasteiger partial charge in [-0.25, -0.2) is 0 Å². The minimum Gasteiger partial charge on any atom is -0.486 e. The second-order valence-corrected chi connectivity index (χ2v) is 6.58. The monoisotopic (exact) mass is 355 g/mol. The fourth-order valence-electron chi connectivity index (χ4n) is 2.98. The van der Waals surface area contributed by atoms with E-state index in [1.165, 1.54) is 0 Å². The molecule has 2 unspecified atom stereocenters. The molecule has 0 saturated carbocycles. The number of fused-ring (bicyclic) bond motifs is 1. The summed E-state index contributed by atoms with van der Waals surface area (Å²) in [6, 6.07) is 13.5. The molecule has 5 heteroatoms. The third kappa shape index (κ3) is 4.48. The zero-order valence-corrected chi connectivity index (χ0v) is 15.5. The molecule has 0 radical (unpaired) electrons. The van der Waals surface area contributed by atoms with E-state index in [0.717, 1.165) is 22.6 Å². The summed E-state index contributed by atoms with van der Waals surface area (Å²) < 4.78 is 17.4. The summed E-state index contributed by atoms with van der Waals surface area (Å²) in [4.78, 5) is 12.5. The number of rotatable bonds is 6. The summed E-state index contributed by atoms with van der Waals surface area (Å²) in [7, 11) is 0. The van der Waals surface area contributed by atoms with Crippen LogP contribution in [0.5, 0.6) is 17.2 Å². The predicted molar refractivity (Wildman–Crippen MR) is 100.0 cm³/mol. The van der Waals surface area contributed by atoms with Crippen LogP contribution in [0.1, 0.15) is 24.5 Å². The number of benzene rings is 2. The molecular weight excluding hydrogens is 330 g/mol. The maximum absolute atomic E-state index is 12.5. The highest BCUT2D eigenvalue weighted by atomic mass is 16.6. The smallest absolute Gasteiger partial charge is 0.261 e. The van der Waals surface area contributed by atoms with Crippen LogP contribution in [0.15, 0.2) is 42.5 Å². The molecule has 0 fully saturated rings. The normalized spacial score (nSPS) is 16.7. The quantitative estimate of drug-likeness (QED) is 0.863. The number of hydrogen-bond donors (Lipinski definition) is 1. The molecule has 0 aromatic heterocycles. The Labute approximate surface area is 154 Å². The summed E-state index contributed by atoms with van der Waals surface area (Å²) in [5.41, 5.74) is 2.23. The van der Waals surface area contributed by atoms with E-state index in [-0.39, 0.29) is 12.0 Å². The van der Waals surface area contributed by atoms with Gasteiger partial charge in [0, 0.05) is 0 Å². The van der Waals surface area contributed by atoms with Crippen molar-refractivity contribution < 1.29 is 19.0 Å². The van der Waals surface area contributed by atoms with Gasteiger partial charge in [0.05, 0.1) is 6.54 Å². The lowest BCUT2D eigenvalue weighted by Crippen LogP contribution is -2.45. The fourth-order valence-corrected chi connectivity index (χ4v) is 2.98. The molecule has 3 rings (SSSR count). The number of aryl methyl sites for hydroxylation is 2. The van der Waals surface area contributed by atoms with Crippen LogP contribution in [0.2, 0.25) is 0 Å². The molecule has 0 spiro atoms. The van der Waals surface area contributed by atoms with E-state index >= 15 is 0 Å². The lowest BCUT2D eigenvalue weighted by Gasteiger charge is -2.27. The van der Waals surface area contributed by atoms with Gasteiger partial charge < -0.3 is 19.5 Å². The van der Waals surface area contributed by atoms with Crippen molar-refractivity contribution in [1.29, 1.82) is 0 Å². The van der Waals surface area contributed by atoms with Crippen molar-refractivity contribution in [2.24, 2.45) is 0 Å². The molecule has 0 bridgehead atoms. The maximum Gasteiger partial charge on any atom is 0.261 e. The second kappa shape index (κ2) is 8.13. The van der Waals surface area contributed by atoms with Gasteiger partial charge in [0.15, 0.2) is 17.6 Å². The Kier molecular flexibility index (Phi) is 5.66. The standard InChI is InChI=1S/C21H25NO4/c1-4-18(25-16-10-14(2)9-15(3)11-16)21(23)22-12-17-13-24-19-7-5-6-8-20(19)26-17/h5-11,17-18H,4,12-13H2,1-3H3,(H,22,23). The molecule has 26 heavy (non-hydrogen) atoms. The Bertz CT molecular complexity index is 754. The van der Waals surface area contributed by atoms with E-state index in [9.17, 15) is 4.79 Å². The Morgan fingerprint density at radius 1 is 1.19 bits per heavy atom. The van der Waals surface area contributed by atoms with Crippen molar-refractivity contribution in [1.82, 2.24) is 5.32 Å². The van der Waals surface area contributed by atoms with Crippen LogP contribution in [0.25, 0.3) is 0 Å². The zero-order valence-electron chi connectivity index (χ0n) is 15.5. The van der Waals surface area contributed by atoms with Crippen LogP contribution in [0, 0.1) is 13.8 Å². The molecule has 5 nitrogen and oxygen atoms in total. The predicted octanol–water partition coefficient (Wildman–Crippen LogP) is 3.42. The average Bonchev–Trinajstić information content (AvgIpc) is 2.63. The molecule has 138 valence electrons. The Morgan fingerprint density at radius 3 is 2.58 bits per heavy atom. The number of hydrogen-bond acceptors (Lipinski definition) is 4. The van der Waals surface area contributed by atoms with Gasteiger partial charge in [-0.3, -0.25) is 4.79 Å². The number of carbonyl (C=O) groups is 1. The van der Waals surface area contributed by atoms with E-state index in [2.05, 4.69) is 11.4 Å². The van der Waals surface area contributed by atoms with Crippen molar-refractivity contribution in [2.75, 3.05) is 13.2 Å². The molecular formula is C21H25NO4. The van der Waals surface area contributed by atoms with Crippen LogP contribution in [-0.2, 0) is 4.79 Å². The number of ether oxygens (including phenoxy) is 3. The van der Waals surface area contributed by atoms with E-state index in [4.69, 9.17) is 14.2 Å². The molecule has 1 N–H and O–H groups in total. The Balaban J connectivity index is 1.55. The van der Waals surface area contributed by atoms with Gasteiger partial charge in [-0.2, -0.15) is 0 Å². The van der Waals surface area contributed by atoms with Crippen molar-refractivity contribution in [3.8, 4) is 17.2 Å². The van der Waals surface area contributed by atoms with Gasteiger partial charge in [-0.15, -0.1) is 0 Å². The molecule has 1 heterocycles. The minimum atomic E-state index is -0.534. The summed E-state index contributed by atoms with van der Waals surface area (Å²) in [5, 5.41) is 2.91. The van der Waals surface area contributed by atoms with E-state index < -0.39 is 6.10 Å². The van der Waals surface area contributed by atoms with Crippen molar-refractivity contribution in [3.63, 3.8) is 0 Å². The first-order valence-corrected chi connectivity index (χ1v) is 8.96. The molecule has 0 aliphatic carbocycles. The average molecular weight is 355 g/mol. The molecule has 1 amide bonds. The molecule has 2 aromatic rings. The van der Waals surface area contributed by atoms with Gasteiger partial charge in [-0.1, -0.05) is 25.1 Å². The number of para-hydroxylation sites is 2. The second-order valence-electron chi connectivity index (χ2n) is 6.58. The van der Waals surface area contributed by atoms with Crippen molar-refractivity contribution in [3.05, 3.63) is 53.6 Å². The summed E-state index contributed by atoms with van der Waals surface area (Å²) in [6.07, 6.45) is -0.162. The lowest BCUT2D eigenvalue weighted by atomic mass is 10.1. The zero-order chi connectivity index (χ0) is 18.5. The van der Waals surface area contributed by atoms with Crippen LogP contribution < -0.4 is 19.5 Å². The first-order valence-electron chi connectivity index (χ1n) is 8.96. The highest BCUT2D eigenvalue weighted by molar-refractivity contribution is 5.81. The number of amides is 1. The van der Waals surface area contributed by atoms with Crippen LogP contribution in [0.4, 0.5) is 0 Å². The van der Waals surface area contributed by atoms with E-state index in [1.807, 2.05) is 57.2 Å². The number of nitrogens with one attached hydrogen (secondary N) is 1. The largest absolute Gasteiger partial charge is 0.486 e. The van der Waals surface area contributed by atoms with Crippen LogP contribution in [-0.4, -0.2) is 31.3 Å². The van der Waals surface area contributed by atoms with Gasteiger partial charge in [0.1, 0.15) is 18.5 Å². The topological polar surface area (TPSA) is 56.8 Å². The van der Waals surface area contributed by atoms with Gasteiger partial charge in [0.25, 0.3) is 5.91 Å². The molecule has 2 aromatic carbocycles. The highest BCUT2D eigenvalue weighted by Crippen LogP contribution is 2.30. The van der Waals surface area contributed by atoms with Crippen molar-refractivity contribution >= 4 is 5.91 Å². The minimum absolute atomic E-state index is 0.144. The van der Waals surface area contributed by atoms with Crippen molar-refractivity contribution in [2.45, 2.75) is 39.4 Å². The van der Waals surface area contributed by atoms with Gasteiger partial charge in [0.2, 0.25) is 0 Å². The SMILES string of the molecule is CCC(Oc1cc(C)cc(C)c1)C(=O)NCC1COc2ccccc2O1. The van der Waals surface area contributed by atoms with Gasteiger partial charge >= 0.3 is 0 Å². The number of carbonyl (C=O) groups excluding carboxylic acids is 1. The molecule has 0 saturated heterocycles. The van der Waals surface area contributed by atoms with Crippen LogP contribution >= 0.6 is 0 Å². The van der Waals surface area contributed by atoms with E-state index in [1.54, 1.807) is 0 Å². The summed E-state index contributed by atoms with van der Waals surface area (Å²) >= 11 is 0. The maximum atomic E-state index is 12.5.